The van der Waals surface area contributed by atoms with Crippen LogP contribution < -0.4 is 10.5 Å². The van der Waals surface area contributed by atoms with E-state index in [9.17, 15) is 0 Å². The van der Waals surface area contributed by atoms with Crippen molar-refractivity contribution in [2.75, 3.05) is 18.1 Å². The molecular weight excluding hydrogens is 218 g/mol. The zero-order valence-electron chi connectivity index (χ0n) is 10.2. The Morgan fingerprint density at radius 1 is 1.38 bits per heavy atom. The molecule has 0 spiro atoms. The summed E-state index contributed by atoms with van der Waals surface area (Å²) in [5.41, 5.74) is 7.96. The lowest BCUT2D eigenvalue weighted by atomic mass is 10.1. The van der Waals surface area contributed by atoms with E-state index >= 15 is 0 Å². The maximum Gasteiger partial charge on any atom is 0.126 e. The lowest BCUT2D eigenvalue weighted by molar-refractivity contribution is 0.313. The minimum absolute atomic E-state index is 0.542. The highest BCUT2D eigenvalue weighted by molar-refractivity contribution is 7.99. The third-order valence-electron chi connectivity index (χ3n) is 2.40. The van der Waals surface area contributed by atoms with E-state index in [1.807, 2.05) is 23.9 Å². The summed E-state index contributed by atoms with van der Waals surface area (Å²) in [5, 5.41) is 0. The van der Waals surface area contributed by atoms with Crippen LogP contribution in [0.1, 0.15) is 24.5 Å². The molecule has 0 amide bonds. The molecule has 1 aromatic rings. The van der Waals surface area contributed by atoms with Crippen LogP contribution in [-0.4, -0.2) is 18.1 Å². The van der Waals surface area contributed by atoms with Gasteiger partial charge in [-0.2, -0.15) is 11.8 Å². The monoisotopic (exact) mass is 239 g/mol. The fraction of sp³-hybridized carbons (Fsp3) is 0.538. The smallest absolute Gasteiger partial charge is 0.126 e. The van der Waals surface area contributed by atoms with E-state index in [0.29, 0.717) is 6.54 Å². The molecular formula is C13H21NOS. The molecule has 0 heterocycles. The van der Waals surface area contributed by atoms with Crippen molar-refractivity contribution in [2.24, 2.45) is 5.73 Å². The maximum atomic E-state index is 5.81. The second kappa shape index (κ2) is 7.58. The summed E-state index contributed by atoms with van der Waals surface area (Å²) in [5.74, 6) is 3.32. The van der Waals surface area contributed by atoms with Crippen LogP contribution in [0.5, 0.6) is 5.75 Å². The van der Waals surface area contributed by atoms with Crippen molar-refractivity contribution in [3.63, 3.8) is 0 Å². The van der Waals surface area contributed by atoms with Crippen LogP contribution in [0.25, 0.3) is 0 Å². The fourth-order valence-corrected chi connectivity index (χ4v) is 2.17. The van der Waals surface area contributed by atoms with Crippen molar-refractivity contribution in [3.05, 3.63) is 29.3 Å². The van der Waals surface area contributed by atoms with Crippen LogP contribution in [0.3, 0.4) is 0 Å². The van der Waals surface area contributed by atoms with Crippen LogP contribution in [0, 0.1) is 6.92 Å². The summed E-state index contributed by atoms with van der Waals surface area (Å²) in [6.45, 7) is 5.57. The first-order valence-corrected chi connectivity index (χ1v) is 6.94. The summed E-state index contributed by atoms with van der Waals surface area (Å²) in [6, 6.07) is 6.12. The summed E-state index contributed by atoms with van der Waals surface area (Å²) in [6.07, 6.45) is 1.09. The molecule has 0 unspecified atom stereocenters. The Morgan fingerprint density at radius 3 is 2.88 bits per heavy atom. The molecule has 0 atom stereocenters. The fourth-order valence-electron chi connectivity index (χ4n) is 1.56. The molecule has 1 aromatic carbocycles. The third kappa shape index (κ3) is 4.06. The molecule has 0 radical (unpaired) electrons. The number of hydrogen-bond acceptors (Lipinski definition) is 3. The van der Waals surface area contributed by atoms with Crippen molar-refractivity contribution in [1.82, 2.24) is 0 Å². The molecule has 0 saturated carbocycles. The number of ether oxygens (including phenoxy) is 1. The number of benzene rings is 1. The van der Waals surface area contributed by atoms with Crippen LogP contribution in [0.4, 0.5) is 0 Å². The second-order valence-corrected chi connectivity index (χ2v) is 5.06. The van der Waals surface area contributed by atoms with Crippen molar-refractivity contribution in [1.29, 1.82) is 0 Å². The predicted molar refractivity (Wildman–Crippen MR) is 72.2 cm³/mol. The van der Waals surface area contributed by atoms with Gasteiger partial charge in [0.15, 0.2) is 0 Å². The van der Waals surface area contributed by atoms with E-state index < -0.39 is 0 Å². The van der Waals surface area contributed by atoms with Crippen LogP contribution in [-0.2, 0) is 6.54 Å². The summed E-state index contributed by atoms with van der Waals surface area (Å²) in [7, 11) is 0. The molecule has 0 saturated heterocycles. The normalized spacial score (nSPS) is 10.4. The first kappa shape index (κ1) is 13.4. The van der Waals surface area contributed by atoms with Gasteiger partial charge in [-0.3, -0.25) is 0 Å². The number of rotatable bonds is 7. The van der Waals surface area contributed by atoms with E-state index in [2.05, 4.69) is 19.9 Å². The molecule has 16 heavy (non-hydrogen) atoms. The van der Waals surface area contributed by atoms with Gasteiger partial charge < -0.3 is 10.5 Å². The highest BCUT2D eigenvalue weighted by atomic mass is 32.2. The van der Waals surface area contributed by atoms with Gasteiger partial charge in [-0.05, 0) is 30.4 Å². The van der Waals surface area contributed by atoms with Gasteiger partial charge in [0.1, 0.15) is 5.75 Å². The first-order chi connectivity index (χ1) is 7.79. The largest absolute Gasteiger partial charge is 0.493 e. The van der Waals surface area contributed by atoms with Crippen molar-refractivity contribution in [3.8, 4) is 5.75 Å². The molecule has 0 aliphatic rings. The molecule has 90 valence electrons. The Kier molecular flexibility index (Phi) is 6.34. The van der Waals surface area contributed by atoms with E-state index in [1.165, 1.54) is 17.1 Å². The van der Waals surface area contributed by atoms with Gasteiger partial charge >= 0.3 is 0 Å². The minimum atomic E-state index is 0.542. The van der Waals surface area contributed by atoms with E-state index in [0.717, 1.165) is 24.3 Å². The zero-order chi connectivity index (χ0) is 11.8. The standard InChI is InChI=1S/C13H21NOS/c1-3-16-9-5-8-15-13-11(2)6-4-7-12(13)10-14/h4,6-7H,3,5,8-10,14H2,1-2H3. The lowest BCUT2D eigenvalue weighted by Gasteiger charge is -2.12. The molecule has 0 aliphatic carbocycles. The van der Waals surface area contributed by atoms with Gasteiger partial charge in [0.05, 0.1) is 6.61 Å². The molecule has 3 heteroatoms. The molecule has 2 N–H and O–H groups in total. The Balaban J connectivity index is 2.46. The predicted octanol–water partition coefficient (Wildman–Crippen LogP) is 2.98. The second-order valence-electron chi connectivity index (χ2n) is 3.67. The highest BCUT2D eigenvalue weighted by Crippen LogP contribution is 2.23. The van der Waals surface area contributed by atoms with Gasteiger partial charge in [0, 0.05) is 12.1 Å². The summed E-state index contributed by atoms with van der Waals surface area (Å²) in [4.78, 5) is 0. The highest BCUT2D eigenvalue weighted by Gasteiger charge is 2.04. The van der Waals surface area contributed by atoms with E-state index in [-0.39, 0.29) is 0 Å². The number of aryl methyl sites for hydroxylation is 1. The minimum Gasteiger partial charge on any atom is -0.493 e. The molecule has 1 rings (SSSR count). The van der Waals surface area contributed by atoms with Gasteiger partial charge in [0.25, 0.3) is 0 Å². The Labute approximate surface area is 103 Å². The number of para-hydroxylation sites is 1. The number of hydrogen-bond donors (Lipinski definition) is 1. The van der Waals surface area contributed by atoms with Gasteiger partial charge in [-0.15, -0.1) is 0 Å². The average Bonchev–Trinajstić information content (AvgIpc) is 2.30. The van der Waals surface area contributed by atoms with E-state index in [4.69, 9.17) is 10.5 Å². The third-order valence-corrected chi connectivity index (χ3v) is 3.38. The van der Waals surface area contributed by atoms with Crippen LogP contribution >= 0.6 is 11.8 Å². The van der Waals surface area contributed by atoms with Crippen molar-refractivity contribution < 1.29 is 4.74 Å². The number of nitrogens with two attached hydrogens (primary N) is 1. The van der Waals surface area contributed by atoms with Crippen molar-refractivity contribution >= 4 is 11.8 Å². The topological polar surface area (TPSA) is 35.2 Å². The Hall–Kier alpha value is -0.670. The van der Waals surface area contributed by atoms with Gasteiger partial charge in [-0.1, -0.05) is 25.1 Å². The molecule has 0 bridgehead atoms. The molecule has 0 fully saturated rings. The Morgan fingerprint density at radius 2 is 2.19 bits per heavy atom. The van der Waals surface area contributed by atoms with Crippen LogP contribution in [0.15, 0.2) is 18.2 Å². The summed E-state index contributed by atoms with van der Waals surface area (Å²) < 4.78 is 5.81. The average molecular weight is 239 g/mol. The van der Waals surface area contributed by atoms with Gasteiger partial charge in [-0.25, -0.2) is 0 Å². The maximum absolute atomic E-state index is 5.81. The number of thioether (sulfide) groups is 1. The summed E-state index contributed by atoms with van der Waals surface area (Å²) >= 11 is 1.95. The zero-order valence-corrected chi connectivity index (χ0v) is 11.0. The molecule has 0 aromatic heterocycles. The molecule has 0 aliphatic heterocycles. The SMILES string of the molecule is CCSCCCOc1c(C)cccc1CN. The first-order valence-electron chi connectivity index (χ1n) is 5.78. The lowest BCUT2D eigenvalue weighted by Crippen LogP contribution is -2.05. The van der Waals surface area contributed by atoms with Gasteiger partial charge in [0.2, 0.25) is 0 Å². The van der Waals surface area contributed by atoms with Crippen LogP contribution in [0.2, 0.25) is 0 Å². The van der Waals surface area contributed by atoms with E-state index in [1.54, 1.807) is 0 Å². The van der Waals surface area contributed by atoms with Crippen molar-refractivity contribution in [2.45, 2.75) is 26.8 Å². The quantitative estimate of drug-likeness (QED) is 0.743. The molecule has 2 nitrogen and oxygen atoms in total. The Bertz CT molecular complexity index is 315.